The first kappa shape index (κ1) is 18.1. The lowest BCUT2D eigenvalue weighted by Gasteiger charge is -2.12. The van der Waals surface area contributed by atoms with Crippen LogP contribution in [0.3, 0.4) is 0 Å². The van der Waals surface area contributed by atoms with Crippen LogP contribution in [-0.2, 0) is 11.3 Å². The van der Waals surface area contributed by atoms with Crippen molar-refractivity contribution >= 4 is 46.4 Å². The molecule has 5 nitrogen and oxygen atoms in total. The summed E-state index contributed by atoms with van der Waals surface area (Å²) >= 11 is 13.1. The van der Waals surface area contributed by atoms with E-state index in [-0.39, 0.29) is 28.4 Å². The van der Waals surface area contributed by atoms with Crippen LogP contribution in [0.15, 0.2) is 12.1 Å². The van der Waals surface area contributed by atoms with Gasteiger partial charge >= 0.3 is 5.97 Å². The fourth-order valence-corrected chi connectivity index (χ4v) is 2.46. The number of carbonyl (C=O) groups is 2. The molecule has 8 heteroatoms. The van der Waals surface area contributed by atoms with Gasteiger partial charge in [-0.25, -0.2) is 4.79 Å². The van der Waals surface area contributed by atoms with Crippen LogP contribution in [0.4, 0.5) is 4.79 Å². The number of ether oxygens (including phenoxy) is 1. The van der Waals surface area contributed by atoms with Crippen molar-refractivity contribution < 1.29 is 14.3 Å². The average Bonchev–Trinajstić information content (AvgIpc) is 2.44. The fraction of sp³-hybridized carbons (Fsp3) is 0.385. The SMILES string of the molecule is COC(=O)c1ccc(Cl)c(CNC(=O)SNC(C)C)c1Cl. The van der Waals surface area contributed by atoms with E-state index in [0.29, 0.717) is 10.6 Å². The van der Waals surface area contributed by atoms with Crippen molar-refractivity contribution in [2.24, 2.45) is 0 Å². The Labute approximate surface area is 137 Å². The minimum absolute atomic E-state index is 0.119. The molecule has 0 aliphatic rings. The molecule has 0 heterocycles. The predicted octanol–water partition coefficient (Wildman–Crippen LogP) is 3.64. The van der Waals surface area contributed by atoms with Crippen LogP contribution in [0.25, 0.3) is 0 Å². The minimum atomic E-state index is -0.555. The van der Waals surface area contributed by atoms with Crippen molar-refractivity contribution in [2.45, 2.75) is 26.4 Å². The van der Waals surface area contributed by atoms with E-state index in [0.717, 1.165) is 11.9 Å². The van der Waals surface area contributed by atoms with Gasteiger partial charge in [0.25, 0.3) is 5.24 Å². The van der Waals surface area contributed by atoms with Crippen molar-refractivity contribution in [3.05, 3.63) is 33.3 Å². The summed E-state index contributed by atoms with van der Waals surface area (Å²) in [5, 5.41) is 2.94. The van der Waals surface area contributed by atoms with Gasteiger partial charge in [-0.15, -0.1) is 0 Å². The molecule has 0 aliphatic heterocycles. The highest BCUT2D eigenvalue weighted by atomic mass is 35.5. The van der Waals surface area contributed by atoms with Gasteiger partial charge in [0.05, 0.1) is 17.7 Å². The number of hydrogen-bond donors (Lipinski definition) is 2. The average molecular weight is 351 g/mol. The Morgan fingerprint density at radius 2 is 2.00 bits per heavy atom. The summed E-state index contributed by atoms with van der Waals surface area (Å²) in [4.78, 5) is 23.2. The first-order chi connectivity index (χ1) is 9.86. The number of nitrogens with one attached hydrogen (secondary N) is 2. The number of hydrogen-bond acceptors (Lipinski definition) is 5. The third kappa shape index (κ3) is 5.39. The Bertz CT molecular complexity index is 538. The van der Waals surface area contributed by atoms with E-state index in [1.54, 1.807) is 6.07 Å². The number of carbonyl (C=O) groups excluding carboxylic acids is 2. The third-order valence-corrected chi connectivity index (χ3v) is 4.09. The number of rotatable bonds is 5. The van der Waals surface area contributed by atoms with Gasteiger partial charge in [0, 0.05) is 35.1 Å². The molecule has 1 amide bonds. The molecule has 0 spiro atoms. The van der Waals surface area contributed by atoms with Crippen LogP contribution in [0.5, 0.6) is 0 Å². The van der Waals surface area contributed by atoms with Crippen molar-refractivity contribution in [2.75, 3.05) is 7.11 Å². The van der Waals surface area contributed by atoms with Crippen LogP contribution in [-0.4, -0.2) is 24.4 Å². The van der Waals surface area contributed by atoms with Gasteiger partial charge in [0.15, 0.2) is 0 Å². The van der Waals surface area contributed by atoms with Crippen molar-refractivity contribution in [1.29, 1.82) is 0 Å². The number of halogens is 2. The second-order valence-corrected chi connectivity index (χ2v) is 5.99. The Balaban J connectivity index is 2.79. The standard InChI is InChI=1S/C13H16Cl2N2O3S/c1-7(2)17-21-13(19)16-6-9-10(14)5-4-8(11(9)15)12(18)20-3/h4-5,7,17H,6H2,1-3H3,(H,16,19). The van der Waals surface area contributed by atoms with Crippen LogP contribution < -0.4 is 10.0 Å². The molecule has 1 aromatic carbocycles. The molecule has 116 valence electrons. The highest BCUT2D eigenvalue weighted by Crippen LogP contribution is 2.28. The normalized spacial score (nSPS) is 10.6. The Hall–Kier alpha value is -0.950. The summed E-state index contributed by atoms with van der Waals surface area (Å²) < 4.78 is 7.55. The minimum Gasteiger partial charge on any atom is -0.465 e. The van der Waals surface area contributed by atoms with E-state index in [1.807, 2.05) is 13.8 Å². The van der Waals surface area contributed by atoms with Crippen molar-refractivity contribution in [3.63, 3.8) is 0 Å². The van der Waals surface area contributed by atoms with Crippen LogP contribution in [0, 0.1) is 0 Å². The zero-order valence-corrected chi connectivity index (χ0v) is 14.2. The molecular weight excluding hydrogens is 335 g/mol. The number of amides is 1. The summed E-state index contributed by atoms with van der Waals surface area (Å²) in [6, 6.07) is 3.20. The van der Waals surface area contributed by atoms with Crippen LogP contribution in [0.2, 0.25) is 10.0 Å². The van der Waals surface area contributed by atoms with Gasteiger partial charge < -0.3 is 10.1 Å². The summed E-state index contributed by atoms with van der Waals surface area (Å²) in [7, 11) is 1.27. The third-order valence-electron chi connectivity index (χ3n) is 2.39. The molecule has 2 N–H and O–H groups in total. The van der Waals surface area contributed by atoms with Crippen LogP contribution >= 0.6 is 35.1 Å². The molecule has 0 saturated carbocycles. The number of esters is 1. The van der Waals surface area contributed by atoms with Crippen molar-refractivity contribution in [1.82, 2.24) is 10.0 Å². The highest BCUT2D eigenvalue weighted by Gasteiger charge is 2.17. The van der Waals surface area contributed by atoms with E-state index in [9.17, 15) is 9.59 Å². The van der Waals surface area contributed by atoms with Gasteiger partial charge in [0.2, 0.25) is 0 Å². The maximum Gasteiger partial charge on any atom is 0.339 e. The number of benzene rings is 1. The molecule has 1 rings (SSSR count). The van der Waals surface area contributed by atoms with E-state index >= 15 is 0 Å². The molecule has 0 aromatic heterocycles. The van der Waals surface area contributed by atoms with E-state index in [2.05, 4.69) is 14.8 Å². The number of methoxy groups -OCH3 is 1. The fourth-order valence-electron chi connectivity index (χ4n) is 1.40. The largest absolute Gasteiger partial charge is 0.465 e. The maximum atomic E-state index is 11.6. The summed E-state index contributed by atoms with van der Waals surface area (Å²) in [6.07, 6.45) is 0. The molecule has 0 bridgehead atoms. The molecule has 1 aromatic rings. The second kappa shape index (κ2) is 8.48. The molecule has 0 saturated heterocycles. The maximum absolute atomic E-state index is 11.6. The Morgan fingerprint density at radius 1 is 1.33 bits per heavy atom. The first-order valence-electron chi connectivity index (χ1n) is 6.12. The quantitative estimate of drug-likeness (QED) is 0.626. The van der Waals surface area contributed by atoms with Gasteiger partial charge in [-0.2, -0.15) is 0 Å². The zero-order valence-electron chi connectivity index (χ0n) is 11.8. The molecule has 21 heavy (non-hydrogen) atoms. The molecule has 0 unspecified atom stereocenters. The first-order valence-corrected chi connectivity index (χ1v) is 7.69. The lowest BCUT2D eigenvalue weighted by Crippen LogP contribution is -2.25. The van der Waals surface area contributed by atoms with Gasteiger partial charge in [-0.3, -0.25) is 9.52 Å². The van der Waals surface area contributed by atoms with E-state index in [1.165, 1.54) is 13.2 Å². The molecule has 0 atom stereocenters. The monoisotopic (exact) mass is 350 g/mol. The van der Waals surface area contributed by atoms with Crippen LogP contribution in [0.1, 0.15) is 29.8 Å². The van der Waals surface area contributed by atoms with Crippen molar-refractivity contribution in [3.8, 4) is 0 Å². The lowest BCUT2D eigenvalue weighted by atomic mass is 10.1. The topological polar surface area (TPSA) is 67.4 Å². The summed E-state index contributed by atoms with van der Waals surface area (Å²) in [5.41, 5.74) is 0.681. The lowest BCUT2D eigenvalue weighted by molar-refractivity contribution is 0.0601. The highest BCUT2D eigenvalue weighted by molar-refractivity contribution is 8.11. The molecular formula is C13H16Cl2N2O3S. The van der Waals surface area contributed by atoms with E-state index < -0.39 is 5.97 Å². The second-order valence-electron chi connectivity index (χ2n) is 4.39. The van der Waals surface area contributed by atoms with Gasteiger partial charge in [-0.1, -0.05) is 23.2 Å². The molecule has 0 aliphatic carbocycles. The molecule has 0 radical (unpaired) electrons. The predicted molar refractivity (Wildman–Crippen MR) is 85.9 cm³/mol. The zero-order chi connectivity index (χ0) is 16.0. The summed E-state index contributed by atoms with van der Waals surface area (Å²) in [6.45, 7) is 3.97. The smallest absolute Gasteiger partial charge is 0.339 e. The Kier molecular flexibility index (Phi) is 7.31. The summed E-state index contributed by atoms with van der Waals surface area (Å²) in [5.74, 6) is -0.555. The van der Waals surface area contributed by atoms with Gasteiger partial charge in [0.1, 0.15) is 0 Å². The van der Waals surface area contributed by atoms with Gasteiger partial charge in [-0.05, 0) is 26.0 Å². The Morgan fingerprint density at radius 3 is 2.57 bits per heavy atom. The molecule has 0 fully saturated rings. The van der Waals surface area contributed by atoms with E-state index in [4.69, 9.17) is 23.2 Å².